The van der Waals surface area contributed by atoms with Gasteiger partial charge in [0.15, 0.2) is 0 Å². The number of aryl methyl sites for hydroxylation is 1. The predicted octanol–water partition coefficient (Wildman–Crippen LogP) is 3.92. The summed E-state index contributed by atoms with van der Waals surface area (Å²) in [5.74, 6) is 0.839. The zero-order valence-electron chi connectivity index (χ0n) is 12.8. The van der Waals surface area contributed by atoms with Crippen molar-refractivity contribution in [3.05, 3.63) is 57.3 Å². The number of aromatic nitrogens is 1. The number of rotatable bonds is 4. The third-order valence-electron chi connectivity index (χ3n) is 3.73. The molecule has 21 heavy (non-hydrogen) atoms. The van der Waals surface area contributed by atoms with Crippen LogP contribution in [0.5, 0.6) is 5.75 Å². The Hall–Kier alpha value is -1.39. The minimum absolute atomic E-state index is 0.442. The van der Waals surface area contributed by atoms with Crippen molar-refractivity contribution in [1.29, 1.82) is 0 Å². The Morgan fingerprint density at radius 2 is 1.86 bits per heavy atom. The van der Waals surface area contributed by atoms with Crippen LogP contribution in [0.1, 0.15) is 29.3 Å². The highest BCUT2D eigenvalue weighted by molar-refractivity contribution is 9.10. The molecule has 0 aliphatic heterocycles. The standard InChI is InChI=1S/C17H20BrNO2/c1-11-10-19-15(12(2)16(11)21-4)9-17(3,20)13-5-7-14(18)8-6-13/h5-8,10,20H,9H2,1-4H3. The highest BCUT2D eigenvalue weighted by Crippen LogP contribution is 2.30. The Labute approximate surface area is 134 Å². The minimum Gasteiger partial charge on any atom is -0.496 e. The molecule has 0 fully saturated rings. The zero-order valence-corrected chi connectivity index (χ0v) is 14.4. The number of benzene rings is 1. The van der Waals surface area contributed by atoms with Crippen LogP contribution in [0.3, 0.4) is 0 Å². The summed E-state index contributed by atoms with van der Waals surface area (Å²) < 4.78 is 6.42. The number of aliphatic hydroxyl groups is 1. The van der Waals surface area contributed by atoms with E-state index < -0.39 is 5.60 Å². The van der Waals surface area contributed by atoms with Gasteiger partial charge in [-0.25, -0.2) is 0 Å². The normalized spacial score (nSPS) is 13.8. The van der Waals surface area contributed by atoms with Crippen LogP contribution < -0.4 is 4.74 Å². The minimum atomic E-state index is -0.973. The maximum absolute atomic E-state index is 10.8. The van der Waals surface area contributed by atoms with E-state index in [2.05, 4.69) is 20.9 Å². The smallest absolute Gasteiger partial charge is 0.128 e. The quantitative estimate of drug-likeness (QED) is 0.909. The zero-order chi connectivity index (χ0) is 15.6. The van der Waals surface area contributed by atoms with Gasteiger partial charge >= 0.3 is 0 Å². The van der Waals surface area contributed by atoms with Crippen LogP contribution in [0.25, 0.3) is 0 Å². The van der Waals surface area contributed by atoms with Crippen molar-refractivity contribution in [2.24, 2.45) is 0 Å². The molecule has 0 spiro atoms. The van der Waals surface area contributed by atoms with Gasteiger partial charge in [0.2, 0.25) is 0 Å². The molecule has 3 nitrogen and oxygen atoms in total. The summed E-state index contributed by atoms with van der Waals surface area (Å²) in [6.07, 6.45) is 2.23. The van der Waals surface area contributed by atoms with Gasteiger partial charge in [0.05, 0.1) is 18.4 Å². The van der Waals surface area contributed by atoms with E-state index in [9.17, 15) is 5.11 Å². The van der Waals surface area contributed by atoms with Gasteiger partial charge in [-0.2, -0.15) is 0 Å². The second-order valence-corrected chi connectivity index (χ2v) is 6.42. The first-order valence-corrected chi connectivity index (χ1v) is 7.62. The number of halogens is 1. The molecular weight excluding hydrogens is 330 g/mol. The van der Waals surface area contributed by atoms with E-state index in [0.29, 0.717) is 6.42 Å². The van der Waals surface area contributed by atoms with Crippen LogP contribution >= 0.6 is 15.9 Å². The summed E-state index contributed by atoms with van der Waals surface area (Å²) in [6, 6.07) is 7.70. The van der Waals surface area contributed by atoms with Gasteiger partial charge in [0.1, 0.15) is 5.75 Å². The first-order valence-electron chi connectivity index (χ1n) is 6.82. The van der Waals surface area contributed by atoms with Gasteiger partial charge in [-0.15, -0.1) is 0 Å². The molecule has 0 saturated heterocycles. The molecule has 4 heteroatoms. The van der Waals surface area contributed by atoms with Gasteiger partial charge in [-0.1, -0.05) is 28.1 Å². The summed E-state index contributed by atoms with van der Waals surface area (Å²) in [7, 11) is 1.66. The summed E-state index contributed by atoms with van der Waals surface area (Å²) in [4.78, 5) is 4.47. The molecule has 1 atom stereocenters. The Bertz CT molecular complexity index is 636. The lowest BCUT2D eigenvalue weighted by Crippen LogP contribution is -2.25. The number of nitrogens with zero attached hydrogens (tertiary/aromatic N) is 1. The predicted molar refractivity (Wildman–Crippen MR) is 87.7 cm³/mol. The molecule has 1 N–H and O–H groups in total. The largest absolute Gasteiger partial charge is 0.496 e. The molecule has 1 heterocycles. The molecule has 1 aromatic carbocycles. The third kappa shape index (κ3) is 3.44. The first kappa shape index (κ1) is 16.0. The molecule has 0 bridgehead atoms. The number of hydrogen-bond donors (Lipinski definition) is 1. The highest BCUT2D eigenvalue weighted by Gasteiger charge is 2.26. The van der Waals surface area contributed by atoms with E-state index in [1.807, 2.05) is 45.0 Å². The first-order chi connectivity index (χ1) is 9.85. The van der Waals surface area contributed by atoms with E-state index >= 15 is 0 Å². The van der Waals surface area contributed by atoms with Gasteiger partial charge in [-0.3, -0.25) is 4.98 Å². The fourth-order valence-corrected chi connectivity index (χ4v) is 2.75. The van der Waals surface area contributed by atoms with Crippen LogP contribution in [-0.2, 0) is 12.0 Å². The van der Waals surface area contributed by atoms with E-state index in [1.54, 1.807) is 13.3 Å². The second kappa shape index (κ2) is 6.16. The number of methoxy groups -OCH3 is 1. The fourth-order valence-electron chi connectivity index (χ4n) is 2.49. The van der Waals surface area contributed by atoms with Gasteiger partial charge in [0.25, 0.3) is 0 Å². The van der Waals surface area contributed by atoms with Crippen LogP contribution in [0, 0.1) is 13.8 Å². The van der Waals surface area contributed by atoms with Gasteiger partial charge < -0.3 is 9.84 Å². The van der Waals surface area contributed by atoms with E-state index in [-0.39, 0.29) is 0 Å². The lowest BCUT2D eigenvalue weighted by atomic mass is 9.89. The van der Waals surface area contributed by atoms with Gasteiger partial charge in [-0.05, 0) is 38.5 Å². The summed E-state index contributed by atoms with van der Waals surface area (Å²) in [5.41, 5.74) is 2.73. The van der Waals surface area contributed by atoms with Crippen molar-refractivity contribution >= 4 is 15.9 Å². The number of hydrogen-bond acceptors (Lipinski definition) is 3. The molecule has 0 aliphatic carbocycles. The van der Waals surface area contributed by atoms with Crippen molar-refractivity contribution in [2.75, 3.05) is 7.11 Å². The third-order valence-corrected chi connectivity index (χ3v) is 4.26. The van der Waals surface area contributed by atoms with Crippen molar-refractivity contribution in [3.63, 3.8) is 0 Å². The number of pyridine rings is 1. The van der Waals surface area contributed by atoms with Crippen molar-refractivity contribution in [3.8, 4) is 5.75 Å². The molecule has 1 unspecified atom stereocenters. The molecule has 1 aromatic heterocycles. The monoisotopic (exact) mass is 349 g/mol. The Balaban J connectivity index is 2.34. The summed E-state index contributed by atoms with van der Waals surface area (Å²) in [6.45, 7) is 5.75. The van der Waals surface area contributed by atoms with Crippen LogP contribution in [0.15, 0.2) is 34.9 Å². The molecule has 0 saturated carbocycles. The van der Waals surface area contributed by atoms with Gasteiger partial charge in [0, 0.05) is 28.2 Å². The highest BCUT2D eigenvalue weighted by atomic mass is 79.9. The number of ether oxygens (including phenoxy) is 1. The second-order valence-electron chi connectivity index (χ2n) is 5.50. The molecule has 112 valence electrons. The SMILES string of the molecule is COc1c(C)cnc(CC(C)(O)c2ccc(Br)cc2)c1C. The average molecular weight is 350 g/mol. The Morgan fingerprint density at radius 1 is 1.24 bits per heavy atom. The molecule has 0 aliphatic rings. The molecular formula is C17H20BrNO2. The van der Waals surface area contributed by atoms with E-state index in [4.69, 9.17) is 4.74 Å². The van der Waals surface area contributed by atoms with Crippen LogP contribution in [0.4, 0.5) is 0 Å². The average Bonchev–Trinajstić information content (AvgIpc) is 2.43. The summed E-state index contributed by atoms with van der Waals surface area (Å²) in [5, 5.41) is 10.8. The Morgan fingerprint density at radius 3 is 2.43 bits per heavy atom. The maximum Gasteiger partial charge on any atom is 0.128 e. The fraction of sp³-hybridized carbons (Fsp3) is 0.353. The lowest BCUT2D eigenvalue weighted by molar-refractivity contribution is 0.0563. The molecule has 0 amide bonds. The molecule has 0 radical (unpaired) electrons. The molecule has 2 rings (SSSR count). The maximum atomic E-state index is 10.8. The van der Waals surface area contributed by atoms with Crippen molar-refractivity contribution in [1.82, 2.24) is 4.98 Å². The van der Waals surface area contributed by atoms with Crippen LogP contribution in [-0.4, -0.2) is 17.2 Å². The van der Waals surface area contributed by atoms with E-state index in [1.165, 1.54) is 0 Å². The topological polar surface area (TPSA) is 42.4 Å². The molecule has 2 aromatic rings. The lowest BCUT2D eigenvalue weighted by Gasteiger charge is -2.25. The van der Waals surface area contributed by atoms with E-state index in [0.717, 1.165) is 32.6 Å². The van der Waals surface area contributed by atoms with Crippen LogP contribution in [0.2, 0.25) is 0 Å². The summed E-state index contributed by atoms with van der Waals surface area (Å²) >= 11 is 3.41. The van der Waals surface area contributed by atoms with Crippen molar-refractivity contribution in [2.45, 2.75) is 32.8 Å². The Kier molecular flexibility index (Phi) is 4.69. The van der Waals surface area contributed by atoms with Crippen molar-refractivity contribution < 1.29 is 9.84 Å².